The molecule has 0 heterocycles. The van der Waals surface area contributed by atoms with E-state index in [0.29, 0.717) is 17.9 Å². The first kappa shape index (κ1) is 14.2. The molecule has 2 rings (SSSR count). The van der Waals surface area contributed by atoms with Gasteiger partial charge in [-0.3, -0.25) is 0 Å². The lowest BCUT2D eigenvalue weighted by atomic mass is 10.0. The summed E-state index contributed by atoms with van der Waals surface area (Å²) >= 11 is 0. The lowest BCUT2D eigenvalue weighted by Crippen LogP contribution is -1.91. The second kappa shape index (κ2) is 6.17. The van der Waals surface area contributed by atoms with Gasteiger partial charge in [-0.05, 0) is 42.8 Å². The van der Waals surface area contributed by atoms with Crippen LogP contribution >= 0.6 is 12.4 Å². The van der Waals surface area contributed by atoms with Crippen LogP contribution in [0.25, 0.3) is 11.1 Å². The Morgan fingerprint density at radius 2 is 1.94 bits per heavy atom. The van der Waals surface area contributed by atoms with Crippen molar-refractivity contribution in [3.63, 3.8) is 0 Å². The number of benzene rings is 2. The lowest BCUT2D eigenvalue weighted by Gasteiger charge is -2.08. The molecule has 0 aliphatic carbocycles. The molecule has 2 aromatic carbocycles. The quantitative estimate of drug-likeness (QED) is 0.660. The van der Waals surface area contributed by atoms with E-state index in [4.69, 9.17) is 10.5 Å². The minimum Gasteiger partial charge on any atom is -0.507 e. The van der Waals surface area contributed by atoms with Crippen LogP contribution in [0.3, 0.4) is 0 Å². The highest BCUT2D eigenvalue weighted by Gasteiger charge is 2.05. The molecular formula is C14H16ClNO2. The van der Waals surface area contributed by atoms with Gasteiger partial charge in [0, 0.05) is 11.3 Å². The molecule has 0 saturated carbocycles. The molecule has 96 valence electrons. The van der Waals surface area contributed by atoms with Crippen LogP contribution in [0.4, 0.5) is 5.69 Å². The second-order valence-corrected chi connectivity index (χ2v) is 3.74. The Labute approximate surface area is 113 Å². The summed E-state index contributed by atoms with van der Waals surface area (Å²) in [6.45, 7) is 2.55. The van der Waals surface area contributed by atoms with Crippen molar-refractivity contribution >= 4 is 18.1 Å². The zero-order valence-corrected chi connectivity index (χ0v) is 10.9. The van der Waals surface area contributed by atoms with Gasteiger partial charge in [0.2, 0.25) is 0 Å². The Balaban J connectivity index is 0.00000162. The number of phenols is 1. The van der Waals surface area contributed by atoms with E-state index in [9.17, 15) is 5.11 Å². The van der Waals surface area contributed by atoms with Crippen molar-refractivity contribution in [2.75, 3.05) is 12.3 Å². The molecule has 2 aromatic rings. The maximum Gasteiger partial charge on any atom is 0.123 e. The van der Waals surface area contributed by atoms with Gasteiger partial charge in [0.05, 0.1) is 6.61 Å². The van der Waals surface area contributed by atoms with E-state index in [1.807, 2.05) is 31.2 Å². The molecule has 0 aliphatic heterocycles. The lowest BCUT2D eigenvalue weighted by molar-refractivity contribution is 0.340. The molecular weight excluding hydrogens is 250 g/mol. The molecule has 0 aromatic heterocycles. The van der Waals surface area contributed by atoms with E-state index >= 15 is 0 Å². The highest BCUT2D eigenvalue weighted by molar-refractivity contribution is 5.85. The van der Waals surface area contributed by atoms with Gasteiger partial charge in [-0.1, -0.05) is 12.1 Å². The fourth-order valence-electron chi connectivity index (χ4n) is 1.70. The summed E-state index contributed by atoms with van der Waals surface area (Å²) < 4.78 is 5.43. The third kappa shape index (κ3) is 3.08. The molecule has 0 bridgehead atoms. The number of anilines is 1. The zero-order chi connectivity index (χ0) is 12.3. The standard InChI is InChI=1S/C14H15NO2.ClH/c1-2-17-12-5-3-4-10(8-12)13-9-11(15)6-7-14(13)16;/h3-9,16H,2,15H2,1H3;1H. The first-order chi connectivity index (χ1) is 8.20. The summed E-state index contributed by atoms with van der Waals surface area (Å²) in [6.07, 6.45) is 0. The van der Waals surface area contributed by atoms with Gasteiger partial charge in [-0.15, -0.1) is 12.4 Å². The molecule has 0 fully saturated rings. The Bertz CT molecular complexity index is 529. The van der Waals surface area contributed by atoms with Crippen LogP contribution in [0.2, 0.25) is 0 Å². The molecule has 0 amide bonds. The van der Waals surface area contributed by atoms with Crippen molar-refractivity contribution in [3.05, 3.63) is 42.5 Å². The van der Waals surface area contributed by atoms with Crippen LogP contribution in [0.5, 0.6) is 11.5 Å². The maximum absolute atomic E-state index is 9.81. The molecule has 3 nitrogen and oxygen atoms in total. The van der Waals surface area contributed by atoms with Crippen molar-refractivity contribution in [1.82, 2.24) is 0 Å². The molecule has 0 unspecified atom stereocenters. The molecule has 0 aliphatic rings. The van der Waals surface area contributed by atoms with Gasteiger partial charge >= 0.3 is 0 Å². The van der Waals surface area contributed by atoms with E-state index in [0.717, 1.165) is 11.3 Å². The largest absolute Gasteiger partial charge is 0.507 e. The SMILES string of the molecule is CCOc1cccc(-c2cc(N)ccc2O)c1.Cl. The fraction of sp³-hybridized carbons (Fsp3) is 0.143. The normalized spacial score (nSPS) is 9.61. The number of rotatable bonds is 3. The Kier molecular flexibility index (Phi) is 4.86. The number of hydrogen-bond donors (Lipinski definition) is 2. The number of halogens is 1. The van der Waals surface area contributed by atoms with E-state index < -0.39 is 0 Å². The van der Waals surface area contributed by atoms with E-state index in [2.05, 4.69) is 0 Å². The summed E-state index contributed by atoms with van der Waals surface area (Å²) in [5.74, 6) is 1.000. The van der Waals surface area contributed by atoms with Crippen molar-refractivity contribution in [1.29, 1.82) is 0 Å². The molecule has 0 saturated heterocycles. The van der Waals surface area contributed by atoms with Gasteiger partial charge in [-0.25, -0.2) is 0 Å². The topological polar surface area (TPSA) is 55.5 Å². The second-order valence-electron chi connectivity index (χ2n) is 3.74. The molecule has 3 N–H and O–H groups in total. The van der Waals surface area contributed by atoms with E-state index in [1.54, 1.807) is 18.2 Å². The van der Waals surface area contributed by atoms with Crippen molar-refractivity contribution < 1.29 is 9.84 Å². The summed E-state index contributed by atoms with van der Waals surface area (Å²) in [7, 11) is 0. The number of ether oxygens (including phenoxy) is 1. The van der Waals surface area contributed by atoms with Crippen LogP contribution in [0, 0.1) is 0 Å². The smallest absolute Gasteiger partial charge is 0.123 e. The number of hydrogen-bond acceptors (Lipinski definition) is 3. The summed E-state index contributed by atoms with van der Waals surface area (Å²) in [5, 5.41) is 9.81. The summed E-state index contributed by atoms with van der Waals surface area (Å²) in [6, 6.07) is 12.6. The van der Waals surface area contributed by atoms with Crippen LogP contribution in [0.15, 0.2) is 42.5 Å². The van der Waals surface area contributed by atoms with Gasteiger partial charge in [0.25, 0.3) is 0 Å². The van der Waals surface area contributed by atoms with Crippen molar-refractivity contribution in [2.45, 2.75) is 6.92 Å². The van der Waals surface area contributed by atoms with Crippen molar-refractivity contribution in [2.24, 2.45) is 0 Å². The predicted octanol–water partition coefficient (Wildman–Crippen LogP) is 3.46. The third-order valence-electron chi connectivity index (χ3n) is 2.48. The summed E-state index contributed by atoms with van der Waals surface area (Å²) in [4.78, 5) is 0. The molecule has 0 spiro atoms. The van der Waals surface area contributed by atoms with Crippen molar-refractivity contribution in [3.8, 4) is 22.6 Å². The first-order valence-corrected chi connectivity index (χ1v) is 5.52. The zero-order valence-electron chi connectivity index (χ0n) is 10.1. The molecule has 0 atom stereocenters. The highest BCUT2D eigenvalue weighted by Crippen LogP contribution is 2.32. The van der Waals surface area contributed by atoms with E-state index in [1.165, 1.54) is 0 Å². The minimum absolute atomic E-state index is 0. The van der Waals surface area contributed by atoms with Crippen LogP contribution in [-0.4, -0.2) is 11.7 Å². The highest BCUT2D eigenvalue weighted by atomic mass is 35.5. The first-order valence-electron chi connectivity index (χ1n) is 5.52. The third-order valence-corrected chi connectivity index (χ3v) is 2.48. The fourth-order valence-corrected chi connectivity index (χ4v) is 1.70. The molecule has 0 radical (unpaired) electrons. The number of nitrogens with two attached hydrogens (primary N) is 1. The van der Waals surface area contributed by atoms with Gasteiger partial charge in [0.1, 0.15) is 11.5 Å². The summed E-state index contributed by atoms with van der Waals surface area (Å²) in [5.41, 5.74) is 7.95. The monoisotopic (exact) mass is 265 g/mol. The minimum atomic E-state index is 0. The predicted molar refractivity (Wildman–Crippen MR) is 76.4 cm³/mol. The van der Waals surface area contributed by atoms with E-state index in [-0.39, 0.29) is 18.2 Å². The molecule has 18 heavy (non-hydrogen) atoms. The van der Waals surface area contributed by atoms with Crippen LogP contribution in [-0.2, 0) is 0 Å². The van der Waals surface area contributed by atoms with Gasteiger partial charge < -0.3 is 15.6 Å². The Morgan fingerprint density at radius 3 is 2.67 bits per heavy atom. The average molecular weight is 266 g/mol. The number of nitrogen functional groups attached to an aromatic ring is 1. The van der Waals surface area contributed by atoms with Crippen LogP contribution in [0.1, 0.15) is 6.92 Å². The molecule has 4 heteroatoms. The van der Waals surface area contributed by atoms with Crippen LogP contribution < -0.4 is 10.5 Å². The maximum atomic E-state index is 9.81. The average Bonchev–Trinajstić information content (AvgIpc) is 2.33. The number of phenolic OH excluding ortho intramolecular Hbond substituents is 1. The van der Waals surface area contributed by atoms with Gasteiger partial charge in [0.15, 0.2) is 0 Å². The van der Waals surface area contributed by atoms with Gasteiger partial charge in [-0.2, -0.15) is 0 Å². The Hall–Kier alpha value is -1.87. The number of aromatic hydroxyl groups is 1. The Morgan fingerprint density at radius 1 is 1.17 bits per heavy atom.